The van der Waals surface area contributed by atoms with Crippen molar-refractivity contribution in [1.82, 2.24) is 5.43 Å². The lowest BCUT2D eigenvalue weighted by atomic mass is 10.0. The molecule has 0 aromatic heterocycles. The average Bonchev–Trinajstić information content (AvgIpc) is 2.75. The highest BCUT2D eigenvalue weighted by Crippen LogP contribution is 2.28. The van der Waals surface area contributed by atoms with Gasteiger partial charge in [0.1, 0.15) is 5.75 Å². The Morgan fingerprint density at radius 1 is 1.07 bits per heavy atom. The molecule has 1 amide bonds. The Morgan fingerprint density at radius 3 is 2.64 bits per heavy atom. The highest BCUT2D eigenvalue weighted by Gasteiger charge is 2.17. The molecule has 1 heterocycles. The standard InChI is InChI=1S/C21H22N2O5/c1-26-19-9-7-14(13-20(19)27-2)17(24)8-10-21(25)23-22-16-11-12-28-18-6-4-3-5-15(16)18/h3-7,9,13H,8,10-12H2,1-2H3,(H,23,25)/b22-16+. The number of methoxy groups -OCH3 is 2. The SMILES string of the molecule is COc1ccc(C(=O)CCC(=O)N/N=C2\CCOc3ccccc32)cc1OC. The summed E-state index contributed by atoms with van der Waals surface area (Å²) in [6.45, 7) is 0.517. The van der Waals surface area contributed by atoms with Crippen molar-refractivity contribution in [3.8, 4) is 17.2 Å². The second kappa shape index (κ2) is 9.03. The number of hydrogen-bond donors (Lipinski definition) is 1. The van der Waals surface area contributed by atoms with Gasteiger partial charge in [-0.2, -0.15) is 5.10 Å². The van der Waals surface area contributed by atoms with Crippen LogP contribution in [0, 0.1) is 0 Å². The number of benzene rings is 2. The number of ether oxygens (including phenoxy) is 3. The first kappa shape index (κ1) is 19.4. The Morgan fingerprint density at radius 2 is 1.86 bits per heavy atom. The lowest BCUT2D eigenvalue weighted by Crippen LogP contribution is -2.23. The molecule has 0 saturated carbocycles. The van der Waals surface area contributed by atoms with Crippen LogP contribution >= 0.6 is 0 Å². The van der Waals surface area contributed by atoms with Crippen LogP contribution in [-0.2, 0) is 4.79 Å². The molecule has 0 bridgehead atoms. The van der Waals surface area contributed by atoms with E-state index >= 15 is 0 Å². The van der Waals surface area contributed by atoms with Gasteiger partial charge in [0.25, 0.3) is 0 Å². The van der Waals surface area contributed by atoms with Crippen LogP contribution in [0.15, 0.2) is 47.6 Å². The fourth-order valence-corrected chi connectivity index (χ4v) is 2.91. The topological polar surface area (TPSA) is 86.2 Å². The molecule has 3 rings (SSSR count). The van der Waals surface area contributed by atoms with E-state index in [2.05, 4.69) is 10.5 Å². The van der Waals surface area contributed by atoms with Gasteiger partial charge in [0, 0.05) is 30.4 Å². The van der Waals surface area contributed by atoms with E-state index in [0.717, 1.165) is 17.0 Å². The third-order valence-corrected chi connectivity index (χ3v) is 4.39. The largest absolute Gasteiger partial charge is 0.493 e. The molecule has 2 aromatic carbocycles. The summed E-state index contributed by atoms with van der Waals surface area (Å²) in [7, 11) is 3.04. The number of nitrogens with one attached hydrogen (secondary N) is 1. The second-order valence-electron chi connectivity index (χ2n) is 6.18. The zero-order chi connectivity index (χ0) is 19.9. The molecule has 0 aliphatic carbocycles. The number of rotatable bonds is 7. The molecule has 146 valence electrons. The van der Waals surface area contributed by atoms with Crippen LogP contribution in [0.4, 0.5) is 0 Å². The predicted molar refractivity (Wildman–Crippen MR) is 104 cm³/mol. The van der Waals surface area contributed by atoms with Gasteiger partial charge in [-0.25, -0.2) is 5.43 Å². The van der Waals surface area contributed by atoms with Crippen molar-refractivity contribution in [2.24, 2.45) is 5.10 Å². The van der Waals surface area contributed by atoms with E-state index in [0.29, 0.717) is 30.1 Å². The highest BCUT2D eigenvalue weighted by molar-refractivity contribution is 6.04. The van der Waals surface area contributed by atoms with E-state index in [-0.39, 0.29) is 24.5 Å². The number of carbonyl (C=O) groups excluding carboxylic acids is 2. The maximum atomic E-state index is 12.4. The van der Waals surface area contributed by atoms with E-state index in [1.54, 1.807) is 18.2 Å². The highest BCUT2D eigenvalue weighted by atomic mass is 16.5. The number of para-hydroxylation sites is 1. The van der Waals surface area contributed by atoms with Crippen molar-refractivity contribution < 1.29 is 23.8 Å². The minimum atomic E-state index is -0.315. The molecule has 7 nitrogen and oxygen atoms in total. The van der Waals surface area contributed by atoms with Crippen molar-refractivity contribution >= 4 is 17.4 Å². The third kappa shape index (κ3) is 4.49. The number of amides is 1. The molecule has 7 heteroatoms. The zero-order valence-corrected chi connectivity index (χ0v) is 15.9. The van der Waals surface area contributed by atoms with Gasteiger partial charge in [-0.3, -0.25) is 9.59 Å². The van der Waals surface area contributed by atoms with Gasteiger partial charge in [0.05, 0.1) is 26.5 Å². The monoisotopic (exact) mass is 382 g/mol. The summed E-state index contributed by atoms with van der Waals surface area (Å²) in [5.41, 5.74) is 4.64. The van der Waals surface area contributed by atoms with Gasteiger partial charge >= 0.3 is 0 Å². The average molecular weight is 382 g/mol. The first-order valence-corrected chi connectivity index (χ1v) is 8.95. The molecule has 0 radical (unpaired) electrons. The number of hydrogen-bond acceptors (Lipinski definition) is 6. The molecular weight excluding hydrogens is 360 g/mol. The first-order valence-electron chi connectivity index (χ1n) is 8.95. The number of ketones is 1. The quantitative estimate of drug-likeness (QED) is 0.588. The van der Waals surface area contributed by atoms with Gasteiger partial charge in [-0.15, -0.1) is 0 Å². The van der Waals surface area contributed by atoms with Crippen LogP contribution in [0.2, 0.25) is 0 Å². The van der Waals surface area contributed by atoms with Crippen LogP contribution in [0.3, 0.4) is 0 Å². The van der Waals surface area contributed by atoms with Crippen molar-refractivity contribution in [3.05, 3.63) is 53.6 Å². The fraction of sp³-hybridized carbons (Fsp3) is 0.286. The summed E-state index contributed by atoms with van der Waals surface area (Å²) < 4.78 is 15.9. The van der Waals surface area contributed by atoms with E-state index < -0.39 is 0 Å². The molecule has 1 N–H and O–H groups in total. The van der Waals surface area contributed by atoms with Gasteiger partial charge < -0.3 is 14.2 Å². The van der Waals surface area contributed by atoms with E-state index in [9.17, 15) is 9.59 Å². The lowest BCUT2D eigenvalue weighted by molar-refractivity contribution is -0.121. The molecule has 0 unspecified atom stereocenters. The van der Waals surface area contributed by atoms with Gasteiger partial charge in [0.15, 0.2) is 17.3 Å². The van der Waals surface area contributed by atoms with E-state index in [1.807, 2.05) is 24.3 Å². The van der Waals surface area contributed by atoms with Crippen LogP contribution in [0.25, 0.3) is 0 Å². The Kier molecular flexibility index (Phi) is 6.26. The van der Waals surface area contributed by atoms with E-state index in [4.69, 9.17) is 14.2 Å². The Balaban J connectivity index is 1.57. The molecule has 1 aliphatic heterocycles. The number of Topliss-reactive ketones (excluding diaryl/α,β-unsaturated/α-hetero) is 1. The first-order chi connectivity index (χ1) is 13.6. The summed E-state index contributed by atoms with van der Waals surface area (Å²) >= 11 is 0. The van der Waals surface area contributed by atoms with Crippen molar-refractivity contribution in [3.63, 3.8) is 0 Å². The fourth-order valence-electron chi connectivity index (χ4n) is 2.91. The Labute approximate surface area is 163 Å². The maximum absolute atomic E-state index is 12.4. The summed E-state index contributed by atoms with van der Waals surface area (Å²) in [5.74, 6) is 1.31. The number of carbonyl (C=O) groups is 2. The summed E-state index contributed by atoms with van der Waals surface area (Å²) in [4.78, 5) is 24.5. The number of hydrazone groups is 1. The lowest BCUT2D eigenvalue weighted by Gasteiger charge is -2.18. The molecule has 0 spiro atoms. The zero-order valence-electron chi connectivity index (χ0n) is 15.9. The Bertz CT molecular complexity index is 907. The summed E-state index contributed by atoms with van der Waals surface area (Å²) in [6.07, 6.45) is 0.732. The summed E-state index contributed by atoms with van der Waals surface area (Å²) in [5, 5.41) is 4.21. The predicted octanol–water partition coefficient (Wildman–Crippen LogP) is 2.97. The van der Waals surface area contributed by atoms with Gasteiger partial charge in [-0.1, -0.05) is 12.1 Å². The van der Waals surface area contributed by atoms with Gasteiger partial charge in [-0.05, 0) is 30.3 Å². The van der Waals surface area contributed by atoms with Gasteiger partial charge in [0.2, 0.25) is 5.91 Å². The molecule has 0 fully saturated rings. The van der Waals surface area contributed by atoms with Crippen LogP contribution < -0.4 is 19.6 Å². The molecule has 1 aliphatic rings. The molecule has 2 aromatic rings. The minimum absolute atomic E-state index is 0.0438. The van der Waals surface area contributed by atoms with Crippen LogP contribution in [-0.4, -0.2) is 38.2 Å². The molecule has 28 heavy (non-hydrogen) atoms. The third-order valence-electron chi connectivity index (χ3n) is 4.39. The Hall–Kier alpha value is -3.35. The smallest absolute Gasteiger partial charge is 0.240 e. The van der Waals surface area contributed by atoms with Crippen LogP contribution in [0.1, 0.15) is 35.2 Å². The molecular formula is C21H22N2O5. The second-order valence-corrected chi connectivity index (χ2v) is 6.18. The van der Waals surface area contributed by atoms with E-state index in [1.165, 1.54) is 14.2 Å². The van der Waals surface area contributed by atoms with Crippen LogP contribution in [0.5, 0.6) is 17.2 Å². The minimum Gasteiger partial charge on any atom is -0.493 e. The van der Waals surface area contributed by atoms with Crippen molar-refractivity contribution in [2.75, 3.05) is 20.8 Å². The summed E-state index contributed by atoms with van der Waals surface area (Å²) in [6, 6.07) is 12.5. The maximum Gasteiger partial charge on any atom is 0.240 e. The normalized spacial score (nSPS) is 14.0. The van der Waals surface area contributed by atoms with Crippen molar-refractivity contribution in [2.45, 2.75) is 19.3 Å². The molecule has 0 atom stereocenters. The number of nitrogens with zero attached hydrogens (tertiary/aromatic N) is 1. The number of fused-ring (bicyclic) bond motifs is 1. The molecule has 0 saturated heterocycles. The van der Waals surface area contributed by atoms with Crippen molar-refractivity contribution in [1.29, 1.82) is 0 Å².